The molecule has 0 aliphatic carbocycles. The predicted octanol–water partition coefficient (Wildman–Crippen LogP) is 3.95. The monoisotopic (exact) mass is 437 g/mol. The van der Waals surface area contributed by atoms with Crippen LogP contribution in [-0.4, -0.2) is 20.1 Å². The normalized spacial score (nSPS) is 13.1. The molecule has 0 saturated carbocycles. The maximum Gasteiger partial charge on any atom is 0.250 e. The number of hydrogen-bond acceptors (Lipinski definition) is 4. The van der Waals surface area contributed by atoms with Crippen molar-refractivity contribution in [2.45, 2.75) is 17.4 Å². The molecule has 6 nitrogen and oxygen atoms in total. The summed E-state index contributed by atoms with van der Waals surface area (Å²) in [6, 6.07) is 17.3. The molecule has 1 atom stereocenters. The Bertz CT molecular complexity index is 1250. The second kappa shape index (κ2) is 8.68. The first-order chi connectivity index (χ1) is 14.7. The van der Waals surface area contributed by atoms with Crippen LogP contribution in [0.25, 0.3) is 4.85 Å². The Morgan fingerprint density at radius 3 is 2.32 bits per heavy atom. The lowest BCUT2D eigenvalue weighted by Crippen LogP contribution is -2.53. The lowest BCUT2D eigenvalue weighted by Gasteiger charge is -2.28. The Kier molecular flexibility index (Phi) is 6.20. The molecule has 1 amide bonds. The molecule has 0 spiro atoms. The molecule has 0 bridgehead atoms. The largest absolute Gasteiger partial charge is 0.324 e. The number of amides is 1. The smallest absolute Gasteiger partial charge is 0.250 e. The van der Waals surface area contributed by atoms with Gasteiger partial charge in [0.1, 0.15) is 11.4 Å². The van der Waals surface area contributed by atoms with Crippen LogP contribution in [0.5, 0.6) is 0 Å². The fraction of sp³-hybridized carbons (Fsp3) is 0.130. The van der Waals surface area contributed by atoms with E-state index in [4.69, 9.17) is 12.3 Å². The number of nitrogens with two attached hydrogens (primary N) is 1. The van der Waals surface area contributed by atoms with Gasteiger partial charge in [-0.3, -0.25) is 4.79 Å². The van der Waals surface area contributed by atoms with E-state index in [1.54, 1.807) is 55.5 Å². The van der Waals surface area contributed by atoms with Crippen molar-refractivity contribution >= 4 is 27.1 Å². The van der Waals surface area contributed by atoms with Gasteiger partial charge in [0, 0.05) is 5.69 Å². The molecular formula is C23H20FN3O3S. The van der Waals surface area contributed by atoms with Crippen LogP contribution in [0.3, 0.4) is 0 Å². The lowest BCUT2D eigenvalue weighted by molar-refractivity contribution is -0.120. The van der Waals surface area contributed by atoms with Crippen LogP contribution >= 0.6 is 0 Å². The number of sulfone groups is 1. The summed E-state index contributed by atoms with van der Waals surface area (Å²) in [7, 11) is -4.03. The lowest BCUT2D eigenvalue weighted by atomic mass is 9.92. The third-order valence-corrected chi connectivity index (χ3v) is 6.69. The molecule has 0 saturated heterocycles. The van der Waals surface area contributed by atoms with E-state index in [0.29, 0.717) is 22.5 Å². The fourth-order valence-electron chi connectivity index (χ4n) is 3.14. The van der Waals surface area contributed by atoms with Crippen molar-refractivity contribution < 1.29 is 17.6 Å². The van der Waals surface area contributed by atoms with Crippen molar-refractivity contribution in [1.29, 1.82) is 0 Å². The molecule has 0 heterocycles. The molecule has 3 aromatic carbocycles. The van der Waals surface area contributed by atoms with Gasteiger partial charge >= 0.3 is 0 Å². The third kappa shape index (κ3) is 4.79. The third-order valence-electron chi connectivity index (χ3n) is 4.86. The summed E-state index contributed by atoms with van der Waals surface area (Å²) in [5, 5.41) is 2.67. The van der Waals surface area contributed by atoms with Gasteiger partial charge in [0.2, 0.25) is 5.91 Å². The van der Waals surface area contributed by atoms with Gasteiger partial charge in [-0.15, -0.1) is 0 Å². The minimum atomic E-state index is -4.03. The Balaban J connectivity index is 1.99. The molecule has 0 unspecified atom stereocenters. The van der Waals surface area contributed by atoms with Crippen LogP contribution in [0.2, 0.25) is 0 Å². The van der Waals surface area contributed by atoms with Crippen molar-refractivity contribution in [1.82, 2.24) is 0 Å². The number of anilines is 1. The zero-order valence-electron chi connectivity index (χ0n) is 16.7. The quantitative estimate of drug-likeness (QED) is 0.451. The molecule has 0 aromatic heterocycles. The van der Waals surface area contributed by atoms with Gasteiger partial charge in [0.05, 0.1) is 17.2 Å². The number of benzene rings is 3. The summed E-state index contributed by atoms with van der Waals surface area (Å²) in [6.45, 7) is 8.86. The number of carbonyl (C=O) groups excluding carboxylic acids is 1. The van der Waals surface area contributed by atoms with Crippen molar-refractivity contribution in [2.75, 3.05) is 11.1 Å². The van der Waals surface area contributed by atoms with E-state index in [1.807, 2.05) is 0 Å². The zero-order valence-corrected chi connectivity index (χ0v) is 17.5. The Morgan fingerprint density at radius 1 is 1.10 bits per heavy atom. The number of hydrogen-bond donors (Lipinski definition) is 2. The minimum absolute atomic E-state index is 0.135. The average molecular weight is 437 g/mol. The average Bonchev–Trinajstić information content (AvgIpc) is 2.74. The summed E-state index contributed by atoms with van der Waals surface area (Å²) in [5.41, 5.74) is 6.33. The number of carbonyl (C=O) groups is 1. The molecule has 158 valence electrons. The first-order valence-corrected chi connectivity index (χ1v) is 10.9. The van der Waals surface area contributed by atoms with Gasteiger partial charge in [-0.25, -0.2) is 17.7 Å². The van der Waals surface area contributed by atoms with Crippen LogP contribution in [0, 0.1) is 19.3 Å². The topological polar surface area (TPSA) is 93.6 Å². The van der Waals surface area contributed by atoms with Crippen LogP contribution in [-0.2, 0) is 20.2 Å². The van der Waals surface area contributed by atoms with E-state index >= 15 is 0 Å². The molecule has 31 heavy (non-hydrogen) atoms. The van der Waals surface area contributed by atoms with Crippen molar-refractivity contribution in [3.63, 3.8) is 0 Å². The van der Waals surface area contributed by atoms with Gasteiger partial charge in [-0.2, -0.15) is 0 Å². The molecule has 0 fully saturated rings. The van der Waals surface area contributed by atoms with Crippen molar-refractivity contribution in [3.8, 4) is 0 Å². The van der Waals surface area contributed by atoms with Crippen molar-refractivity contribution in [2.24, 2.45) is 5.73 Å². The highest BCUT2D eigenvalue weighted by molar-refractivity contribution is 7.91. The van der Waals surface area contributed by atoms with Crippen molar-refractivity contribution in [3.05, 3.63) is 101 Å². The van der Waals surface area contributed by atoms with E-state index in [1.165, 1.54) is 0 Å². The van der Waals surface area contributed by atoms with E-state index < -0.39 is 32.9 Å². The number of nitrogens with zero attached hydrogens (tertiary/aromatic N) is 1. The fourth-order valence-corrected chi connectivity index (χ4v) is 4.76. The highest BCUT2D eigenvalue weighted by atomic mass is 32.2. The molecular weight excluding hydrogens is 417 g/mol. The molecule has 3 rings (SSSR count). The highest BCUT2D eigenvalue weighted by Gasteiger charge is 2.41. The summed E-state index contributed by atoms with van der Waals surface area (Å²) < 4.78 is 39.3. The Morgan fingerprint density at radius 2 is 1.74 bits per heavy atom. The van der Waals surface area contributed by atoms with Crippen LogP contribution in [0.15, 0.2) is 77.7 Å². The second-order valence-electron chi connectivity index (χ2n) is 7.12. The van der Waals surface area contributed by atoms with Gasteiger partial charge < -0.3 is 11.1 Å². The van der Waals surface area contributed by atoms with Gasteiger partial charge in [0.15, 0.2) is 15.5 Å². The summed E-state index contributed by atoms with van der Waals surface area (Å²) in [4.78, 5) is 16.5. The molecule has 0 aliphatic rings. The van der Waals surface area contributed by atoms with Crippen LogP contribution in [0.4, 0.5) is 15.8 Å². The second-order valence-corrected chi connectivity index (χ2v) is 9.11. The summed E-state index contributed by atoms with van der Waals surface area (Å²) >= 11 is 0. The standard InChI is InChI=1S/C23H20FN3O3S/c1-16-14-19(10-13-21(16)26-2)27-22(28)23(25,17-6-4-3-5-7-17)15-31(29,30)20-11-8-18(24)9-12-20/h3-14H,15,25H2,1H3,(H,27,28)/t23-/m1/s1. The SMILES string of the molecule is [C-]#[N+]c1ccc(NC(=O)[C@@](N)(CS(=O)(=O)c2ccc(F)cc2)c2ccccc2)cc1C. The molecule has 0 radical (unpaired) electrons. The number of rotatable bonds is 6. The van der Waals surface area contributed by atoms with Gasteiger partial charge in [0.25, 0.3) is 0 Å². The van der Waals surface area contributed by atoms with E-state index in [9.17, 15) is 17.6 Å². The highest BCUT2D eigenvalue weighted by Crippen LogP contribution is 2.28. The Hall–Kier alpha value is -3.54. The Labute approximate surface area is 180 Å². The predicted molar refractivity (Wildman–Crippen MR) is 117 cm³/mol. The first kappa shape index (κ1) is 22.2. The minimum Gasteiger partial charge on any atom is -0.324 e. The first-order valence-electron chi connectivity index (χ1n) is 9.28. The zero-order chi connectivity index (χ0) is 22.6. The molecule has 0 aliphatic heterocycles. The van der Waals surface area contributed by atoms with E-state index in [0.717, 1.165) is 24.3 Å². The molecule has 8 heteroatoms. The number of nitrogens with one attached hydrogen (secondary N) is 1. The maximum absolute atomic E-state index is 13.2. The number of halogens is 1. The van der Waals surface area contributed by atoms with E-state index in [2.05, 4.69) is 10.2 Å². The van der Waals surface area contributed by atoms with Gasteiger partial charge in [-0.1, -0.05) is 36.4 Å². The van der Waals surface area contributed by atoms with E-state index in [-0.39, 0.29) is 4.90 Å². The summed E-state index contributed by atoms with van der Waals surface area (Å²) in [5.74, 6) is -2.02. The number of aryl methyl sites for hydroxylation is 1. The van der Waals surface area contributed by atoms with Crippen LogP contribution < -0.4 is 11.1 Å². The summed E-state index contributed by atoms with van der Waals surface area (Å²) in [6.07, 6.45) is 0. The molecule has 3 N–H and O–H groups in total. The van der Waals surface area contributed by atoms with Gasteiger partial charge in [-0.05, 0) is 54.4 Å². The van der Waals surface area contributed by atoms with Crippen LogP contribution in [0.1, 0.15) is 11.1 Å². The molecule has 3 aromatic rings. The maximum atomic E-state index is 13.2.